The summed E-state index contributed by atoms with van der Waals surface area (Å²) in [6, 6.07) is -0.828. The SMILES string of the molecule is CC(C)[C@@H](N)C(=O)ON1C(=O)CCC1=O. The average molecular weight is 214 g/mol. The average Bonchev–Trinajstić information content (AvgIpc) is 2.47. The Kier molecular flexibility index (Phi) is 3.41. The second kappa shape index (κ2) is 4.39. The molecule has 84 valence electrons. The van der Waals surface area contributed by atoms with Crippen LogP contribution < -0.4 is 5.73 Å². The fourth-order valence-corrected chi connectivity index (χ4v) is 1.08. The summed E-state index contributed by atoms with van der Waals surface area (Å²) in [5.41, 5.74) is 5.51. The van der Waals surface area contributed by atoms with Crippen LogP contribution >= 0.6 is 0 Å². The summed E-state index contributed by atoms with van der Waals surface area (Å²) in [6.45, 7) is 3.50. The fraction of sp³-hybridized carbons (Fsp3) is 0.667. The van der Waals surface area contributed by atoms with Crippen LogP contribution in [0.2, 0.25) is 0 Å². The third kappa shape index (κ3) is 2.53. The first-order chi connectivity index (χ1) is 6.93. The number of rotatable bonds is 3. The molecular formula is C9H14N2O4. The Morgan fingerprint density at radius 3 is 2.20 bits per heavy atom. The van der Waals surface area contributed by atoms with Gasteiger partial charge in [0.15, 0.2) is 0 Å². The molecule has 0 bridgehead atoms. The van der Waals surface area contributed by atoms with Gasteiger partial charge >= 0.3 is 5.97 Å². The van der Waals surface area contributed by atoms with Crippen molar-refractivity contribution in [3.05, 3.63) is 0 Å². The molecule has 6 nitrogen and oxygen atoms in total. The molecule has 2 N–H and O–H groups in total. The lowest BCUT2D eigenvalue weighted by Gasteiger charge is -2.17. The third-order valence-corrected chi connectivity index (χ3v) is 2.18. The molecular weight excluding hydrogens is 200 g/mol. The second-order valence-electron chi connectivity index (χ2n) is 3.76. The zero-order valence-corrected chi connectivity index (χ0v) is 8.73. The van der Waals surface area contributed by atoms with Gasteiger partial charge in [-0.2, -0.15) is 0 Å². The van der Waals surface area contributed by atoms with Gasteiger partial charge in [0, 0.05) is 12.8 Å². The van der Waals surface area contributed by atoms with E-state index >= 15 is 0 Å². The molecule has 0 aromatic carbocycles. The van der Waals surface area contributed by atoms with E-state index in [1.165, 1.54) is 0 Å². The minimum absolute atomic E-state index is 0.0863. The molecule has 0 aliphatic carbocycles. The highest BCUT2D eigenvalue weighted by molar-refractivity contribution is 6.01. The number of amides is 2. The predicted octanol–water partition coefficient (Wildman–Crippen LogP) is -0.423. The lowest BCUT2D eigenvalue weighted by molar-refractivity contribution is -0.199. The molecule has 1 aliphatic rings. The Morgan fingerprint density at radius 2 is 1.80 bits per heavy atom. The number of imide groups is 1. The minimum Gasteiger partial charge on any atom is -0.329 e. The van der Waals surface area contributed by atoms with Crippen molar-refractivity contribution in [1.29, 1.82) is 0 Å². The summed E-state index contributed by atoms with van der Waals surface area (Å²) in [4.78, 5) is 38.2. The topological polar surface area (TPSA) is 89.7 Å². The largest absolute Gasteiger partial charge is 0.349 e. The van der Waals surface area contributed by atoms with Crippen molar-refractivity contribution in [1.82, 2.24) is 5.06 Å². The van der Waals surface area contributed by atoms with E-state index in [9.17, 15) is 14.4 Å². The first kappa shape index (κ1) is 11.6. The van der Waals surface area contributed by atoms with E-state index in [0.29, 0.717) is 5.06 Å². The van der Waals surface area contributed by atoms with E-state index in [2.05, 4.69) is 4.84 Å². The summed E-state index contributed by atoms with van der Waals surface area (Å²) in [5.74, 6) is -1.85. The number of hydrogen-bond acceptors (Lipinski definition) is 5. The minimum atomic E-state index is -0.828. The number of carbonyl (C=O) groups is 3. The summed E-state index contributed by atoms with van der Waals surface area (Å²) >= 11 is 0. The van der Waals surface area contributed by atoms with Crippen LogP contribution in [-0.4, -0.2) is 28.9 Å². The molecule has 15 heavy (non-hydrogen) atoms. The maximum atomic E-state index is 11.3. The van der Waals surface area contributed by atoms with Gasteiger partial charge in [-0.1, -0.05) is 13.8 Å². The Labute approximate surface area is 87.3 Å². The summed E-state index contributed by atoms with van der Waals surface area (Å²) < 4.78 is 0. The van der Waals surface area contributed by atoms with Crippen LogP contribution in [0.15, 0.2) is 0 Å². The molecule has 1 saturated heterocycles. The molecule has 1 heterocycles. The zero-order chi connectivity index (χ0) is 11.6. The molecule has 0 radical (unpaired) electrons. The molecule has 0 saturated carbocycles. The van der Waals surface area contributed by atoms with Crippen LogP contribution in [0.1, 0.15) is 26.7 Å². The van der Waals surface area contributed by atoms with E-state index in [-0.39, 0.29) is 18.8 Å². The second-order valence-corrected chi connectivity index (χ2v) is 3.76. The monoisotopic (exact) mass is 214 g/mol. The number of nitrogens with two attached hydrogens (primary N) is 1. The molecule has 0 spiro atoms. The lowest BCUT2D eigenvalue weighted by Crippen LogP contribution is -2.42. The van der Waals surface area contributed by atoms with E-state index < -0.39 is 23.8 Å². The van der Waals surface area contributed by atoms with Gasteiger partial charge < -0.3 is 10.6 Å². The molecule has 1 rings (SSSR count). The predicted molar refractivity (Wildman–Crippen MR) is 50.0 cm³/mol. The van der Waals surface area contributed by atoms with Crippen LogP contribution in [-0.2, 0) is 19.2 Å². The highest BCUT2D eigenvalue weighted by Gasteiger charge is 2.34. The van der Waals surface area contributed by atoms with Gasteiger partial charge in [-0.05, 0) is 5.92 Å². The molecule has 0 aromatic rings. The number of nitrogens with zero attached hydrogens (tertiary/aromatic N) is 1. The molecule has 1 atom stereocenters. The van der Waals surface area contributed by atoms with Gasteiger partial charge in [0.1, 0.15) is 6.04 Å². The maximum absolute atomic E-state index is 11.3. The smallest absolute Gasteiger partial charge is 0.329 e. The molecule has 0 aromatic heterocycles. The Hall–Kier alpha value is -1.43. The quantitative estimate of drug-likeness (QED) is 0.644. The van der Waals surface area contributed by atoms with Crippen LogP contribution in [0.3, 0.4) is 0 Å². The number of hydrogen-bond donors (Lipinski definition) is 1. The van der Waals surface area contributed by atoms with E-state index in [1.54, 1.807) is 13.8 Å². The first-order valence-corrected chi connectivity index (χ1v) is 4.76. The normalized spacial score (nSPS) is 18.5. The van der Waals surface area contributed by atoms with Crippen molar-refractivity contribution < 1.29 is 19.2 Å². The lowest BCUT2D eigenvalue weighted by atomic mass is 10.1. The van der Waals surface area contributed by atoms with E-state index in [1.807, 2.05) is 0 Å². The van der Waals surface area contributed by atoms with Crippen LogP contribution in [0.5, 0.6) is 0 Å². The maximum Gasteiger partial charge on any atom is 0.349 e. The van der Waals surface area contributed by atoms with E-state index in [4.69, 9.17) is 5.73 Å². The van der Waals surface area contributed by atoms with Gasteiger partial charge in [0.2, 0.25) is 0 Å². The third-order valence-electron chi connectivity index (χ3n) is 2.18. The van der Waals surface area contributed by atoms with Crippen molar-refractivity contribution >= 4 is 17.8 Å². The summed E-state index contributed by atoms with van der Waals surface area (Å²) in [7, 11) is 0. The van der Waals surface area contributed by atoms with Crippen molar-refractivity contribution in [3.8, 4) is 0 Å². The summed E-state index contributed by atoms with van der Waals surface area (Å²) in [6.07, 6.45) is 0.173. The van der Waals surface area contributed by atoms with Gasteiger partial charge in [-0.3, -0.25) is 9.59 Å². The standard InChI is InChI=1S/C9H14N2O4/c1-5(2)8(10)9(14)15-11-6(12)3-4-7(11)13/h5,8H,3-4,10H2,1-2H3/t8-/m1/s1. The van der Waals surface area contributed by atoms with Crippen molar-refractivity contribution in [3.63, 3.8) is 0 Å². The summed E-state index contributed by atoms with van der Waals surface area (Å²) in [5, 5.41) is 0.505. The van der Waals surface area contributed by atoms with Crippen LogP contribution in [0.4, 0.5) is 0 Å². The highest BCUT2D eigenvalue weighted by atomic mass is 16.7. The van der Waals surface area contributed by atoms with Gasteiger partial charge in [0.05, 0.1) is 0 Å². The molecule has 0 unspecified atom stereocenters. The molecule has 1 aliphatic heterocycles. The fourth-order valence-electron chi connectivity index (χ4n) is 1.08. The molecule has 6 heteroatoms. The van der Waals surface area contributed by atoms with Gasteiger partial charge in [-0.25, -0.2) is 4.79 Å². The Balaban J connectivity index is 2.58. The van der Waals surface area contributed by atoms with Gasteiger partial charge in [-0.15, -0.1) is 5.06 Å². The van der Waals surface area contributed by atoms with Crippen molar-refractivity contribution in [2.24, 2.45) is 11.7 Å². The van der Waals surface area contributed by atoms with Crippen molar-refractivity contribution in [2.75, 3.05) is 0 Å². The van der Waals surface area contributed by atoms with Crippen LogP contribution in [0, 0.1) is 5.92 Å². The highest BCUT2D eigenvalue weighted by Crippen LogP contribution is 2.13. The molecule has 2 amide bonds. The van der Waals surface area contributed by atoms with Crippen LogP contribution in [0.25, 0.3) is 0 Å². The van der Waals surface area contributed by atoms with Crippen molar-refractivity contribution in [2.45, 2.75) is 32.7 Å². The van der Waals surface area contributed by atoms with E-state index in [0.717, 1.165) is 0 Å². The Morgan fingerprint density at radius 1 is 1.33 bits per heavy atom. The Bertz CT molecular complexity index is 284. The zero-order valence-electron chi connectivity index (χ0n) is 8.73. The number of carbonyl (C=O) groups excluding carboxylic acids is 3. The van der Waals surface area contributed by atoms with Gasteiger partial charge in [0.25, 0.3) is 11.8 Å². The number of hydroxylamine groups is 2. The first-order valence-electron chi connectivity index (χ1n) is 4.76. The molecule has 1 fully saturated rings.